The number of rotatable bonds is 1. The minimum absolute atomic E-state index is 0.793. The van der Waals surface area contributed by atoms with Crippen molar-refractivity contribution in [2.45, 2.75) is 0 Å². The Morgan fingerprint density at radius 3 is 2.20 bits per heavy atom. The molecule has 3 aromatic carbocycles. The molecule has 0 aliphatic heterocycles. The minimum atomic E-state index is 0.793. The molecule has 0 atom stereocenters. The van der Waals surface area contributed by atoms with E-state index in [2.05, 4.69) is 59.6 Å². The van der Waals surface area contributed by atoms with Gasteiger partial charge in [-0.05, 0) is 41.5 Å². The Labute approximate surface area is 116 Å². The first kappa shape index (κ1) is 11.1. The highest BCUT2D eigenvalue weighted by Crippen LogP contribution is 2.30. The average molecular weight is 258 g/mol. The molecule has 0 aliphatic rings. The number of hydrogen-bond donors (Lipinski definition) is 2. The number of nitrogens with one attached hydrogen (secondary N) is 1. The zero-order chi connectivity index (χ0) is 13.5. The van der Waals surface area contributed by atoms with Crippen molar-refractivity contribution in [3.05, 3.63) is 66.7 Å². The summed E-state index contributed by atoms with van der Waals surface area (Å²) >= 11 is 0. The molecule has 4 rings (SSSR count). The lowest BCUT2D eigenvalue weighted by Crippen LogP contribution is -1.83. The van der Waals surface area contributed by atoms with E-state index in [1.54, 1.807) is 0 Å². The second-order valence-electron chi connectivity index (χ2n) is 5.05. The number of aromatic amines is 1. The van der Waals surface area contributed by atoms with Crippen LogP contribution in [0.15, 0.2) is 66.7 Å². The Bertz CT molecular complexity index is 902. The highest BCUT2D eigenvalue weighted by atomic mass is 14.7. The molecule has 0 aliphatic carbocycles. The van der Waals surface area contributed by atoms with Gasteiger partial charge in [-0.15, -0.1) is 0 Å². The highest BCUT2D eigenvalue weighted by Gasteiger charge is 2.05. The molecule has 1 heterocycles. The van der Waals surface area contributed by atoms with E-state index in [1.165, 1.54) is 32.9 Å². The Hall–Kier alpha value is -2.74. The molecule has 96 valence electrons. The van der Waals surface area contributed by atoms with E-state index in [4.69, 9.17) is 5.73 Å². The number of aromatic nitrogens is 1. The van der Waals surface area contributed by atoms with Crippen LogP contribution in [0, 0.1) is 0 Å². The zero-order valence-electron chi connectivity index (χ0n) is 10.9. The van der Waals surface area contributed by atoms with Crippen LogP contribution < -0.4 is 5.73 Å². The number of anilines is 1. The summed E-state index contributed by atoms with van der Waals surface area (Å²) in [7, 11) is 0. The summed E-state index contributed by atoms with van der Waals surface area (Å²) in [5, 5.41) is 2.52. The van der Waals surface area contributed by atoms with Crippen molar-refractivity contribution in [1.82, 2.24) is 4.98 Å². The maximum atomic E-state index is 5.75. The molecule has 0 unspecified atom stereocenters. The lowest BCUT2D eigenvalue weighted by Gasteiger charge is -2.03. The first-order valence-corrected chi connectivity index (χ1v) is 6.68. The molecule has 0 saturated heterocycles. The fraction of sp³-hybridized carbons (Fsp3) is 0. The van der Waals surface area contributed by atoms with Gasteiger partial charge in [0.15, 0.2) is 0 Å². The Balaban J connectivity index is 1.97. The van der Waals surface area contributed by atoms with E-state index in [0.29, 0.717) is 0 Å². The second kappa shape index (κ2) is 4.14. The summed E-state index contributed by atoms with van der Waals surface area (Å²) in [4.78, 5) is 3.45. The summed E-state index contributed by atoms with van der Waals surface area (Å²) in [5.74, 6) is 0. The molecule has 0 amide bonds. The van der Waals surface area contributed by atoms with Crippen molar-refractivity contribution in [2.24, 2.45) is 0 Å². The van der Waals surface area contributed by atoms with Crippen LogP contribution in [0.25, 0.3) is 32.9 Å². The first-order chi connectivity index (χ1) is 9.81. The number of hydrogen-bond acceptors (Lipinski definition) is 1. The molecule has 0 saturated carbocycles. The SMILES string of the molecule is Nc1ccc(-c2ccc3[nH]c4ccccc4c3c2)cc1. The number of nitrogen functional groups attached to an aromatic ring is 1. The molecule has 0 bridgehead atoms. The predicted molar refractivity (Wildman–Crippen MR) is 85.7 cm³/mol. The van der Waals surface area contributed by atoms with Gasteiger partial charge in [-0.25, -0.2) is 0 Å². The van der Waals surface area contributed by atoms with Crippen LogP contribution in [0.3, 0.4) is 0 Å². The maximum absolute atomic E-state index is 5.75. The molecule has 0 radical (unpaired) electrons. The third-order valence-electron chi connectivity index (χ3n) is 3.75. The van der Waals surface area contributed by atoms with E-state index in [0.717, 1.165) is 5.69 Å². The first-order valence-electron chi connectivity index (χ1n) is 6.68. The quantitative estimate of drug-likeness (QED) is 0.482. The van der Waals surface area contributed by atoms with Crippen LogP contribution in [-0.2, 0) is 0 Å². The molecule has 1 aromatic heterocycles. The highest BCUT2D eigenvalue weighted by molar-refractivity contribution is 6.08. The summed E-state index contributed by atoms with van der Waals surface area (Å²) in [6.45, 7) is 0. The number of H-pyrrole nitrogens is 1. The van der Waals surface area contributed by atoms with Crippen LogP contribution in [0.2, 0.25) is 0 Å². The van der Waals surface area contributed by atoms with Gasteiger partial charge < -0.3 is 10.7 Å². The Morgan fingerprint density at radius 1 is 0.650 bits per heavy atom. The van der Waals surface area contributed by atoms with Crippen LogP contribution in [0.4, 0.5) is 5.69 Å². The molecule has 0 spiro atoms. The normalized spacial score (nSPS) is 11.2. The van der Waals surface area contributed by atoms with Crippen molar-refractivity contribution in [2.75, 3.05) is 5.73 Å². The monoisotopic (exact) mass is 258 g/mol. The van der Waals surface area contributed by atoms with Gasteiger partial charge in [0.2, 0.25) is 0 Å². The number of benzene rings is 3. The largest absolute Gasteiger partial charge is 0.399 e. The van der Waals surface area contributed by atoms with Gasteiger partial charge in [0.05, 0.1) is 0 Å². The minimum Gasteiger partial charge on any atom is -0.399 e. The molecular weight excluding hydrogens is 244 g/mol. The van der Waals surface area contributed by atoms with Crippen molar-refractivity contribution in [3.8, 4) is 11.1 Å². The van der Waals surface area contributed by atoms with Crippen LogP contribution in [0.1, 0.15) is 0 Å². The average Bonchev–Trinajstić information content (AvgIpc) is 2.86. The van der Waals surface area contributed by atoms with Gasteiger partial charge in [0, 0.05) is 27.5 Å². The maximum Gasteiger partial charge on any atom is 0.0465 e. The molecule has 20 heavy (non-hydrogen) atoms. The van der Waals surface area contributed by atoms with Gasteiger partial charge in [-0.1, -0.05) is 36.4 Å². The summed E-state index contributed by atoms with van der Waals surface area (Å²) in [6.07, 6.45) is 0. The molecular formula is C18H14N2. The number of nitrogens with two attached hydrogens (primary N) is 1. The lowest BCUT2D eigenvalue weighted by molar-refractivity contribution is 1.54. The Morgan fingerprint density at radius 2 is 1.35 bits per heavy atom. The van der Waals surface area contributed by atoms with Crippen molar-refractivity contribution in [3.63, 3.8) is 0 Å². The molecule has 4 aromatic rings. The third kappa shape index (κ3) is 1.66. The molecule has 0 fully saturated rings. The Kier molecular flexibility index (Phi) is 2.30. The van der Waals surface area contributed by atoms with Gasteiger partial charge in [-0.3, -0.25) is 0 Å². The van der Waals surface area contributed by atoms with Gasteiger partial charge in [0.25, 0.3) is 0 Å². The summed E-state index contributed by atoms with van der Waals surface area (Å²) in [6, 6.07) is 22.9. The number of fused-ring (bicyclic) bond motifs is 3. The molecule has 3 N–H and O–H groups in total. The fourth-order valence-electron chi connectivity index (χ4n) is 2.70. The molecule has 2 nitrogen and oxygen atoms in total. The van der Waals surface area contributed by atoms with E-state index in [1.807, 2.05) is 12.1 Å². The third-order valence-corrected chi connectivity index (χ3v) is 3.75. The van der Waals surface area contributed by atoms with Gasteiger partial charge in [0.1, 0.15) is 0 Å². The summed E-state index contributed by atoms with van der Waals surface area (Å²) < 4.78 is 0. The van der Waals surface area contributed by atoms with Crippen molar-refractivity contribution in [1.29, 1.82) is 0 Å². The van der Waals surface area contributed by atoms with Crippen LogP contribution in [-0.4, -0.2) is 4.98 Å². The standard InChI is InChI=1S/C18H14N2/c19-14-8-5-12(6-9-14)13-7-10-18-16(11-13)15-3-1-2-4-17(15)20-18/h1-11,20H,19H2. The van der Waals surface area contributed by atoms with Crippen molar-refractivity contribution >= 4 is 27.5 Å². The number of para-hydroxylation sites is 1. The second-order valence-corrected chi connectivity index (χ2v) is 5.05. The van der Waals surface area contributed by atoms with E-state index in [-0.39, 0.29) is 0 Å². The zero-order valence-corrected chi connectivity index (χ0v) is 10.9. The van der Waals surface area contributed by atoms with E-state index >= 15 is 0 Å². The molecule has 2 heteroatoms. The van der Waals surface area contributed by atoms with Crippen molar-refractivity contribution < 1.29 is 0 Å². The lowest BCUT2D eigenvalue weighted by atomic mass is 10.0. The smallest absolute Gasteiger partial charge is 0.0465 e. The van der Waals surface area contributed by atoms with Gasteiger partial charge >= 0.3 is 0 Å². The van der Waals surface area contributed by atoms with E-state index in [9.17, 15) is 0 Å². The fourth-order valence-corrected chi connectivity index (χ4v) is 2.70. The van der Waals surface area contributed by atoms with E-state index < -0.39 is 0 Å². The summed E-state index contributed by atoms with van der Waals surface area (Å²) in [5.41, 5.74) is 11.3. The van der Waals surface area contributed by atoms with Crippen LogP contribution in [0.5, 0.6) is 0 Å². The van der Waals surface area contributed by atoms with Gasteiger partial charge in [-0.2, -0.15) is 0 Å². The predicted octanol–water partition coefficient (Wildman–Crippen LogP) is 4.57. The van der Waals surface area contributed by atoms with Crippen LogP contribution >= 0.6 is 0 Å². The topological polar surface area (TPSA) is 41.8 Å².